The van der Waals surface area contributed by atoms with Crippen molar-refractivity contribution in [3.8, 4) is 11.5 Å². The minimum Gasteiger partial charge on any atom is -0.493 e. The number of carbonyl (C=O) groups is 4. The Bertz CT molecular complexity index is 1040. The van der Waals surface area contributed by atoms with Crippen molar-refractivity contribution >= 4 is 35.2 Å². The molecule has 1 aliphatic rings. The van der Waals surface area contributed by atoms with E-state index in [1.807, 2.05) is 0 Å². The number of hydrogen-bond acceptors (Lipinski definition) is 7. The number of Topliss-reactive ketones (excluding diaryl/α,β-unsaturated/α-hetero) is 1. The van der Waals surface area contributed by atoms with Crippen LogP contribution in [-0.2, 0) is 14.3 Å². The predicted octanol–water partition coefficient (Wildman–Crippen LogP) is 2.28. The SMILES string of the molecule is COc1ccc(C(=O)NN2C[C@H](C(=O)OCC(=O)c3ccc(Cl)cc3)CC2=O)cc1OC. The van der Waals surface area contributed by atoms with Crippen LogP contribution in [0, 0.1) is 5.92 Å². The second kappa shape index (κ2) is 10.1. The molecule has 1 fully saturated rings. The Labute approximate surface area is 189 Å². The number of benzene rings is 2. The van der Waals surface area contributed by atoms with Crippen molar-refractivity contribution in [2.45, 2.75) is 6.42 Å². The molecule has 1 saturated heterocycles. The largest absolute Gasteiger partial charge is 0.493 e. The molecule has 32 heavy (non-hydrogen) atoms. The van der Waals surface area contributed by atoms with Gasteiger partial charge >= 0.3 is 5.97 Å². The summed E-state index contributed by atoms with van der Waals surface area (Å²) < 4.78 is 15.4. The van der Waals surface area contributed by atoms with Crippen LogP contribution < -0.4 is 14.9 Å². The number of esters is 1. The first kappa shape index (κ1) is 23.1. The van der Waals surface area contributed by atoms with Crippen molar-refractivity contribution in [2.24, 2.45) is 5.92 Å². The number of hydrazine groups is 1. The van der Waals surface area contributed by atoms with E-state index in [4.69, 9.17) is 25.8 Å². The summed E-state index contributed by atoms with van der Waals surface area (Å²) in [7, 11) is 2.92. The first-order valence-electron chi connectivity index (χ1n) is 9.61. The summed E-state index contributed by atoms with van der Waals surface area (Å²) in [5.74, 6) is -2.05. The van der Waals surface area contributed by atoms with Crippen molar-refractivity contribution in [3.63, 3.8) is 0 Å². The number of carbonyl (C=O) groups excluding carboxylic acids is 4. The molecular formula is C22H21ClN2O7. The molecule has 0 aromatic heterocycles. The van der Waals surface area contributed by atoms with Crippen LogP contribution in [0.4, 0.5) is 0 Å². The molecule has 1 aliphatic heterocycles. The van der Waals surface area contributed by atoms with Gasteiger partial charge in [0.2, 0.25) is 5.91 Å². The van der Waals surface area contributed by atoms with Crippen LogP contribution in [0.2, 0.25) is 5.02 Å². The fourth-order valence-electron chi connectivity index (χ4n) is 3.11. The minimum absolute atomic E-state index is 0.0637. The topological polar surface area (TPSA) is 111 Å². The third kappa shape index (κ3) is 5.36. The van der Waals surface area contributed by atoms with Crippen LogP contribution in [0.15, 0.2) is 42.5 Å². The van der Waals surface area contributed by atoms with Gasteiger partial charge in [-0.2, -0.15) is 0 Å². The minimum atomic E-state index is -0.800. The van der Waals surface area contributed by atoms with Crippen LogP contribution in [0.25, 0.3) is 0 Å². The number of nitrogens with zero attached hydrogens (tertiary/aromatic N) is 1. The van der Waals surface area contributed by atoms with Gasteiger partial charge in [-0.25, -0.2) is 0 Å². The fourth-order valence-corrected chi connectivity index (χ4v) is 3.24. The number of amides is 2. The lowest BCUT2D eigenvalue weighted by atomic mass is 10.1. The zero-order chi connectivity index (χ0) is 23.3. The Balaban J connectivity index is 1.55. The number of nitrogens with one attached hydrogen (secondary N) is 1. The van der Waals surface area contributed by atoms with E-state index in [9.17, 15) is 19.2 Å². The molecule has 0 unspecified atom stereocenters. The van der Waals surface area contributed by atoms with Gasteiger partial charge in [-0.15, -0.1) is 0 Å². The lowest BCUT2D eigenvalue weighted by molar-refractivity contribution is -0.147. The van der Waals surface area contributed by atoms with Gasteiger partial charge in [0.15, 0.2) is 23.9 Å². The monoisotopic (exact) mass is 460 g/mol. The molecule has 0 aliphatic carbocycles. The van der Waals surface area contributed by atoms with E-state index in [-0.39, 0.29) is 18.5 Å². The van der Waals surface area contributed by atoms with E-state index in [1.165, 1.54) is 38.5 Å². The Kier molecular flexibility index (Phi) is 7.32. The van der Waals surface area contributed by atoms with Crippen LogP contribution in [0.5, 0.6) is 11.5 Å². The maximum Gasteiger partial charge on any atom is 0.311 e. The molecule has 2 amide bonds. The summed E-state index contributed by atoms with van der Waals surface area (Å²) >= 11 is 5.79. The summed E-state index contributed by atoms with van der Waals surface area (Å²) in [5, 5.41) is 1.55. The Hall–Kier alpha value is -3.59. The Morgan fingerprint density at radius 1 is 1.03 bits per heavy atom. The normalized spacial score (nSPS) is 15.3. The van der Waals surface area contributed by atoms with Gasteiger partial charge in [-0.3, -0.25) is 29.6 Å². The molecule has 10 heteroatoms. The van der Waals surface area contributed by atoms with Gasteiger partial charge < -0.3 is 14.2 Å². The fraction of sp³-hybridized carbons (Fsp3) is 0.273. The van der Waals surface area contributed by atoms with Crippen molar-refractivity contribution in [1.29, 1.82) is 0 Å². The maximum absolute atomic E-state index is 12.5. The van der Waals surface area contributed by atoms with Gasteiger partial charge in [-0.05, 0) is 42.5 Å². The second-order valence-electron chi connectivity index (χ2n) is 6.95. The molecule has 0 bridgehead atoms. The molecular weight excluding hydrogens is 440 g/mol. The highest BCUT2D eigenvalue weighted by Gasteiger charge is 2.36. The zero-order valence-corrected chi connectivity index (χ0v) is 18.2. The first-order valence-corrected chi connectivity index (χ1v) is 9.99. The van der Waals surface area contributed by atoms with Crippen LogP contribution in [0.3, 0.4) is 0 Å². The number of hydrogen-bond donors (Lipinski definition) is 1. The van der Waals surface area contributed by atoms with Crippen molar-refractivity contribution in [3.05, 3.63) is 58.6 Å². The molecule has 1 heterocycles. The quantitative estimate of drug-likeness (QED) is 0.475. The molecule has 3 rings (SSSR count). The highest BCUT2D eigenvalue weighted by molar-refractivity contribution is 6.30. The van der Waals surface area contributed by atoms with Crippen molar-refractivity contribution in [1.82, 2.24) is 10.4 Å². The Morgan fingerprint density at radius 2 is 1.69 bits per heavy atom. The second-order valence-corrected chi connectivity index (χ2v) is 7.39. The smallest absolute Gasteiger partial charge is 0.311 e. The van der Waals surface area contributed by atoms with Gasteiger partial charge in [0, 0.05) is 22.6 Å². The van der Waals surface area contributed by atoms with E-state index < -0.39 is 36.1 Å². The third-order valence-corrected chi connectivity index (χ3v) is 5.10. The van der Waals surface area contributed by atoms with Gasteiger partial charge in [0.1, 0.15) is 0 Å². The van der Waals surface area contributed by atoms with E-state index in [0.717, 1.165) is 5.01 Å². The highest BCUT2D eigenvalue weighted by Crippen LogP contribution is 2.27. The molecule has 9 nitrogen and oxygen atoms in total. The van der Waals surface area contributed by atoms with Gasteiger partial charge in [0.05, 0.1) is 26.7 Å². The average Bonchev–Trinajstić information content (AvgIpc) is 3.17. The summed E-state index contributed by atoms with van der Waals surface area (Å²) in [5.41, 5.74) is 3.08. The van der Waals surface area contributed by atoms with E-state index >= 15 is 0 Å². The highest BCUT2D eigenvalue weighted by atomic mass is 35.5. The standard InChI is InChI=1S/C22H21ClN2O7/c1-30-18-8-5-14(9-19(18)31-2)21(28)24-25-11-15(10-20(25)27)22(29)32-12-17(26)13-3-6-16(23)7-4-13/h3-9,15H,10-12H2,1-2H3,(H,24,28)/t15-/m1/s1. The third-order valence-electron chi connectivity index (χ3n) is 4.85. The summed E-state index contributed by atoms with van der Waals surface area (Å²) in [4.78, 5) is 49.2. The number of halogens is 1. The van der Waals surface area contributed by atoms with Crippen molar-refractivity contribution < 1.29 is 33.4 Å². The average molecular weight is 461 g/mol. The summed E-state index contributed by atoms with van der Waals surface area (Å²) in [6.45, 7) is -0.519. The van der Waals surface area contributed by atoms with Crippen molar-refractivity contribution in [2.75, 3.05) is 27.4 Å². The molecule has 0 spiro atoms. The van der Waals surface area contributed by atoms with Crippen LogP contribution in [0.1, 0.15) is 27.1 Å². The molecule has 1 N–H and O–H groups in total. The number of rotatable bonds is 8. The maximum atomic E-state index is 12.5. The lowest BCUT2D eigenvalue weighted by Gasteiger charge is -2.18. The van der Waals surface area contributed by atoms with E-state index in [0.29, 0.717) is 22.1 Å². The van der Waals surface area contributed by atoms with Gasteiger partial charge in [0.25, 0.3) is 5.91 Å². The van der Waals surface area contributed by atoms with Crippen LogP contribution >= 0.6 is 11.6 Å². The zero-order valence-electron chi connectivity index (χ0n) is 17.4. The van der Waals surface area contributed by atoms with Crippen LogP contribution in [-0.4, -0.2) is 55.9 Å². The predicted molar refractivity (Wildman–Crippen MR) is 114 cm³/mol. The molecule has 1 atom stereocenters. The summed E-state index contributed by atoms with van der Waals surface area (Å²) in [6.07, 6.45) is -0.139. The van der Waals surface area contributed by atoms with Gasteiger partial charge in [-0.1, -0.05) is 11.6 Å². The van der Waals surface area contributed by atoms with E-state index in [1.54, 1.807) is 18.2 Å². The first-order chi connectivity index (χ1) is 15.3. The summed E-state index contributed by atoms with van der Waals surface area (Å²) in [6, 6.07) is 10.7. The number of methoxy groups -OCH3 is 2. The molecule has 168 valence electrons. The number of ether oxygens (including phenoxy) is 3. The lowest BCUT2D eigenvalue weighted by Crippen LogP contribution is -2.43. The molecule has 2 aromatic carbocycles. The molecule has 0 radical (unpaired) electrons. The Morgan fingerprint density at radius 3 is 2.34 bits per heavy atom. The molecule has 2 aromatic rings. The van der Waals surface area contributed by atoms with E-state index in [2.05, 4.69) is 5.43 Å². The molecule has 0 saturated carbocycles. The number of ketones is 1.